The molecule has 1 N–H and O–H groups in total. The lowest BCUT2D eigenvalue weighted by molar-refractivity contribution is 0.106. The van der Waals surface area contributed by atoms with Crippen molar-refractivity contribution < 1.29 is 0 Å². The molecule has 1 aromatic carbocycles. The van der Waals surface area contributed by atoms with Crippen molar-refractivity contribution in [3.63, 3.8) is 0 Å². The predicted octanol–water partition coefficient (Wildman–Crippen LogP) is 3.27. The predicted molar refractivity (Wildman–Crippen MR) is 84.9 cm³/mol. The van der Waals surface area contributed by atoms with E-state index in [-0.39, 0.29) is 0 Å². The molecule has 2 nitrogen and oxygen atoms in total. The summed E-state index contributed by atoms with van der Waals surface area (Å²) >= 11 is 0. The molecule has 0 spiro atoms. The van der Waals surface area contributed by atoms with Crippen LogP contribution in [0.4, 0.5) is 0 Å². The summed E-state index contributed by atoms with van der Waals surface area (Å²) in [5, 5.41) is 3.74. The van der Waals surface area contributed by atoms with Crippen LogP contribution in [0.2, 0.25) is 0 Å². The van der Waals surface area contributed by atoms with Crippen LogP contribution >= 0.6 is 0 Å². The Morgan fingerprint density at radius 1 is 1.15 bits per heavy atom. The highest BCUT2D eigenvalue weighted by Crippen LogP contribution is 2.37. The van der Waals surface area contributed by atoms with Crippen LogP contribution in [0.1, 0.15) is 42.9 Å². The molecule has 2 atom stereocenters. The third-order valence-corrected chi connectivity index (χ3v) is 4.87. The molecule has 2 fully saturated rings. The van der Waals surface area contributed by atoms with Crippen molar-refractivity contribution in [2.45, 2.75) is 58.7 Å². The monoisotopic (exact) mass is 272 g/mol. The molecule has 1 aromatic rings. The number of hydrogen-bond donors (Lipinski definition) is 1. The summed E-state index contributed by atoms with van der Waals surface area (Å²) in [5.41, 5.74) is 4.28. The Bertz CT molecular complexity index is 444. The lowest BCUT2D eigenvalue weighted by atomic mass is 10.0. The van der Waals surface area contributed by atoms with Gasteiger partial charge >= 0.3 is 0 Å². The van der Waals surface area contributed by atoms with E-state index in [0.29, 0.717) is 6.04 Å². The molecule has 110 valence electrons. The van der Waals surface area contributed by atoms with Crippen LogP contribution in [-0.2, 0) is 6.54 Å². The Hall–Kier alpha value is -0.860. The Balaban J connectivity index is 1.74. The van der Waals surface area contributed by atoms with Crippen LogP contribution in [0.3, 0.4) is 0 Å². The lowest BCUT2D eigenvalue weighted by Gasteiger charge is -2.40. The molecule has 0 bridgehead atoms. The maximum atomic E-state index is 3.74. The first kappa shape index (κ1) is 14.1. The van der Waals surface area contributed by atoms with E-state index in [1.54, 1.807) is 0 Å². The minimum Gasteiger partial charge on any atom is -0.311 e. The molecule has 3 rings (SSSR count). The molecule has 1 saturated heterocycles. The van der Waals surface area contributed by atoms with Gasteiger partial charge in [0.1, 0.15) is 0 Å². The van der Waals surface area contributed by atoms with Gasteiger partial charge in [0.05, 0.1) is 0 Å². The van der Waals surface area contributed by atoms with Crippen molar-refractivity contribution in [2.24, 2.45) is 5.92 Å². The smallest absolute Gasteiger partial charge is 0.0253 e. The van der Waals surface area contributed by atoms with Crippen LogP contribution < -0.4 is 5.32 Å². The zero-order valence-electron chi connectivity index (χ0n) is 13.2. The van der Waals surface area contributed by atoms with E-state index in [4.69, 9.17) is 0 Å². The molecular weight excluding hydrogens is 244 g/mol. The molecule has 1 heterocycles. The summed E-state index contributed by atoms with van der Waals surface area (Å²) in [6, 6.07) is 8.43. The summed E-state index contributed by atoms with van der Waals surface area (Å²) < 4.78 is 0. The first-order valence-electron chi connectivity index (χ1n) is 8.20. The van der Waals surface area contributed by atoms with Crippen LogP contribution in [0.5, 0.6) is 0 Å². The summed E-state index contributed by atoms with van der Waals surface area (Å²) in [4.78, 5) is 2.75. The van der Waals surface area contributed by atoms with Gasteiger partial charge in [-0.25, -0.2) is 0 Å². The average Bonchev–Trinajstić information content (AvgIpc) is 3.21. The van der Waals surface area contributed by atoms with Gasteiger partial charge in [0.2, 0.25) is 0 Å². The Morgan fingerprint density at radius 2 is 1.85 bits per heavy atom. The Labute approximate surface area is 123 Å². The molecule has 0 radical (unpaired) electrons. The maximum Gasteiger partial charge on any atom is 0.0253 e. The van der Waals surface area contributed by atoms with Crippen LogP contribution in [0.25, 0.3) is 0 Å². The summed E-state index contributed by atoms with van der Waals surface area (Å²) in [6.45, 7) is 10.2. The van der Waals surface area contributed by atoms with Gasteiger partial charge in [-0.3, -0.25) is 4.90 Å². The van der Waals surface area contributed by atoms with E-state index in [1.807, 2.05) is 0 Å². The average molecular weight is 272 g/mol. The van der Waals surface area contributed by atoms with E-state index in [1.165, 1.54) is 49.0 Å². The van der Waals surface area contributed by atoms with Crippen LogP contribution in [0, 0.1) is 19.8 Å². The highest BCUT2D eigenvalue weighted by Gasteiger charge is 2.38. The quantitative estimate of drug-likeness (QED) is 0.905. The number of benzene rings is 1. The number of rotatable bonds is 4. The highest BCUT2D eigenvalue weighted by atomic mass is 15.2. The number of nitrogens with one attached hydrogen (secondary N) is 1. The second-order valence-corrected chi connectivity index (χ2v) is 6.84. The van der Waals surface area contributed by atoms with Gasteiger partial charge < -0.3 is 5.32 Å². The largest absolute Gasteiger partial charge is 0.311 e. The molecule has 1 aliphatic heterocycles. The van der Waals surface area contributed by atoms with Crippen molar-refractivity contribution >= 4 is 0 Å². The zero-order valence-corrected chi connectivity index (χ0v) is 13.2. The fraction of sp³-hybridized carbons (Fsp3) is 0.667. The van der Waals surface area contributed by atoms with Gasteiger partial charge in [-0.15, -0.1) is 0 Å². The van der Waals surface area contributed by atoms with Gasteiger partial charge in [-0.2, -0.15) is 0 Å². The maximum absolute atomic E-state index is 3.74. The Morgan fingerprint density at radius 3 is 2.45 bits per heavy atom. The van der Waals surface area contributed by atoms with Crippen molar-refractivity contribution in [1.82, 2.24) is 10.2 Å². The molecule has 2 aliphatic rings. The SMILES string of the molecule is CCC1CN(Cc2cc(C)cc(C)c2)C(C2CC2)CN1. The number of aryl methyl sites for hydroxylation is 2. The number of nitrogens with zero attached hydrogens (tertiary/aromatic N) is 1. The lowest BCUT2D eigenvalue weighted by Crippen LogP contribution is -2.56. The summed E-state index contributed by atoms with van der Waals surface area (Å²) in [6.07, 6.45) is 4.11. The van der Waals surface area contributed by atoms with Gasteiger partial charge in [-0.1, -0.05) is 36.2 Å². The first-order chi connectivity index (χ1) is 9.65. The molecular formula is C18H28N2. The van der Waals surface area contributed by atoms with E-state index in [0.717, 1.165) is 18.5 Å². The van der Waals surface area contributed by atoms with Crippen LogP contribution in [0.15, 0.2) is 18.2 Å². The molecule has 0 amide bonds. The van der Waals surface area contributed by atoms with E-state index in [2.05, 4.69) is 49.2 Å². The summed E-state index contributed by atoms with van der Waals surface area (Å²) in [5.74, 6) is 0.950. The molecule has 1 saturated carbocycles. The molecule has 2 unspecified atom stereocenters. The standard InChI is InChI=1S/C18H28N2/c1-4-17-12-20(18(10-19-17)16-5-6-16)11-15-8-13(2)7-14(3)9-15/h7-9,16-19H,4-6,10-12H2,1-3H3. The van der Waals surface area contributed by atoms with E-state index in [9.17, 15) is 0 Å². The normalized spacial score (nSPS) is 27.8. The fourth-order valence-electron chi connectivity index (χ4n) is 3.70. The van der Waals surface area contributed by atoms with Crippen LogP contribution in [-0.4, -0.2) is 30.1 Å². The van der Waals surface area contributed by atoms with Gasteiger partial charge in [0, 0.05) is 31.7 Å². The number of piperazine rings is 1. The van der Waals surface area contributed by atoms with Gasteiger partial charge in [0.15, 0.2) is 0 Å². The molecule has 20 heavy (non-hydrogen) atoms. The topological polar surface area (TPSA) is 15.3 Å². The first-order valence-corrected chi connectivity index (χ1v) is 8.20. The Kier molecular flexibility index (Phi) is 4.13. The van der Waals surface area contributed by atoms with Crippen molar-refractivity contribution in [3.8, 4) is 0 Å². The molecule has 0 aromatic heterocycles. The third-order valence-electron chi connectivity index (χ3n) is 4.87. The molecule has 2 heteroatoms. The minimum atomic E-state index is 0.677. The minimum absolute atomic E-state index is 0.677. The van der Waals surface area contributed by atoms with E-state index < -0.39 is 0 Å². The van der Waals surface area contributed by atoms with Crippen molar-refractivity contribution in [2.75, 3.05) is 13.1 Å². The summed E-state index contributed by atoms with van der Waals surface area (Å²) in [7, 11) is 0. The van der Waals surface area contributed by atoms with Gasteiger partial charge in [-0.05, 0) is 44.6 Å². The number of hydrogen-bond acceptors (Lipinski definition) is 2. The zero-order chi connectivity index (χ0) is 14.1. The van der Waals surface area contributed by atoms with Gasteiger partial charge in [0.25, 0.3) is 0 Å². The highest BCUT2D eigenvalue weighted by molar-refractivity contribution is 5.28. The molecule has 1 aliphatic carbocycles. The fourth-order valence-corrected chi connectivity index (χ4v) is 3.70. The van der Waals surface area contributed by atoms with Crippen molar-refractivity contribution in [3.05, 3.63) is 34.9 Å². The van der Waals surface area contributed by atoms with E-state index >= 15 is 0 Å². The third kappa shape index (κ3) is 3.24. The second-order valence-electron chi connectivity index (χ2n) is 6.84. The van der Waals surface area contributed by atoms with Crippen molar-refractivity contribution in [1.29, 1.82) is 0 Å². The second kappa shape index (κ2) is 5.87.